The number of nitrogens with one attached hydrogen (secondary N) is 2. The minimum Gasteiger partial charge on any atom is -0.365 e. The van der Waals surface area contributed by atoms with E-state index in [1.54, 1.807) is 22.7 Å². The van der Waals surface area contributed by atoms with Crippen LogP contribution in [0.4, 0.5) is 11.8 Å². The molecule has 18 heavy (non-hydrogen) atoms. The standard InChI is InChI=1S/C12H12N4S2/c1-13-12-15-10(9-3-5-18-11(9)16-12)14-6-8-2-4-17-7-8/h2-5,7H,6H2,1H3,(H2,13,14,15,16). The summed E-state index contributed by atoms with van der Waals surface area (Å²) in [7, 11) is 1.83. The molecule has 3 aromatic rings. The number of aromatic nitrogens is 2. The van der Waals surface area contributed by atoms with E-state index in [0.717, 1.165) is 22.6 Å². The zero-order valence-electron chi connectivity index (χ0n) is 9.80. The van der Waals surface area contributed by atoms with Crippen LogP contribution in [0.2, 0.25) is 0 Å². The molecule has 0 spiro atoms. The van der Waals surface area contributed by atoms with Crippen LogP contribution in [0.3, 0.4) is 0 Å². The molecular weight excluding hydrogens is 264 g/mol. The molecule has 6 heteroatoms. The van der Waals surface area contributed by atoms with Crippen LogP contribution in [0.25, 0.3) is 10.2 Å². The van der Waals surface area contributed by atoms with E-state index in [9.17, 15) is 0 Å². The Morgan fingerprint density at radius 1 is 1.22 bits per heavy atom. The number of anilines is 2. The molecule has 0 saturated heterocycles. The Labute approximate surface area is 113 Å². The molecule has 0 atom stereocenters. The minimum absolute atomic E-state index is 0.651. The Bertz CT molecular complexity index is 645. The van der Waals surface area contributed by atoms with E-state index in [0.29, 0.717) is 5.95 Å². The SMILES string of the molecule is CNc1nc(NCc2ccsc2)c2ccsc2n1. The molecule has 4 nitrogen and oxygen atoms in total. The highest BCUT2D eigenvalue weighted by atomic mass is 32.1. The van der Waals surface area contributed by atoms with E-state index in [2.05, 4.69) is 43.5 Å². The fraction of sp³-hybridized carbons (Fsp3) is 0.167. The van der Waals surface area contributed by atoms with Crippen LogP contribution in [0.5, 0.6) is 0 Å². The highest BCUT2D eigenvalue weighted by molar-refractivity contribution is 7.16. The second kappa shape index (κ2) is 4.91. The summed E-state index contributed by atoms with van der Waals surface area (Å²) in [5.41, 5.74) is 1.27. The molecule has 2 N–H and O–H groups in total. The van der Waals surface area contributed by atoms with Gasteiger partial charge in [0.15, 0.2) is 0 Å². The van der Waals surface area contributed by atoms with Crippen molar-refractivity contribution in [2.24, 2.45) is 0 Å². The Balaban J connectivity index is 1.92. The van der Waals surface area contributed by atoms with Crippen LogP contribution in [-0.4, -0.2) is 17.0 Å². The lowest BCUT2D eigenvalue weighted by Gasteiger charge is -2.07. The fourth-order valence-corrected chi connectivity index (χ4v) is 3.11. The lowest BCUT2D eigenvalue weighted by Crippen LogP contribution is -2.04. The molecule has 3 aromatic heterocycles. The first-order valence-corrected chi connectivity index (χ1v) is 7.37. The van der Waals surface area contributed by atoms with Gasteiger partial charge in [-0.1, -0.05) is 0 Å². The Hall–Kier alpha value is -1.66. The molecule has 0 radical (unpaired) electrons. The first kappa shape index (κ1) is 11.4. The van der Waals surface area contributed by atoms with Crippen molar-refractivity contribution in [2.45, 2.75) is 6.54 Å². The Morgan fingerprint density at radius 3 is 2.94 bits per heavy atom. The predicted octanol–water partition coefficient (Wildman–Crippen LogP) is 3.41. The lowest BCUT2D eigenvalue weighted by atomic mass is 10.3. The summed E-state index contributed by atoms with van der Waals surface area (Å²) in [4.78, 5) is 9.89. The highest BCUT2D eigenvalue weighted by Gasteiger charge is 2.07. The minimum atomic E-state index is 0.651. The van der Waals surface area contributed by atoms with E-state index in [1.807, 2.05) is 12.4 Å². The first-order chi connectivity index (χ1) is 8.86. The zero-order chi connectivity index (χ0) is 12.4. The fourth-order valence-electron chi connectivity index (χ4n) is 1.68. The largest absolute Gasteiger partial charge is 0.365 e. The number of rotatable bonds is 4. The summed E-state index contributed by atoms with van der Waals surface area (Å²) in [6, 6.07) is 4.16. The molecule has 3 rings (SSSR count). The van der Waals surface area contributed by atoms with Gasteiger partial charge in [-0.15, -0.1) is 11.3 Å². The molecule has 0 aliphatic carbocycles. The van der Waals surface area contributed by atoms with Crippen LogP contribution in [0, 0.1) is 0 Å². The predicted molar refractivity (Wildman–Crippen MR) is 78.6 cm³/mol. The molecule has 0 aliphatic rings. The van der Waals surface area contributed by atoms with Gasteiger partial charge in [0.1, 0.15) is 10.6 Å². The summed E-state index contributed by atoms with van der Waals surface area (Å²) < 4.78 is 0. The van der Waals surface area contributed by atoms with E-state index in [1.165, 1.54) is 5.56 Å². The number of thiophene rings is 2. The maximum Gasteiger partial charge on any atom is 0.225 e. The van der Waals surface area contributed by atoms with Crippen LogP contribution < -0.4 is 10.6 Å². The molecule has 92 valence electrons. The maximum absolute atomic E-state index is 4.47. The van der Waals surface area contributed by atoms with Crippen LogP contribution in [0.15, 0.2) is 28.3 Å². The highest BCUT2D eigenvalue weighted by Crippen LogP contribution is 2.26. The summed E-state index contributed by atoms with van der Waals surface area (Å²) in [6.07, 6.45) is 0. The smallest absolute Gasteiger partial charge is 0.225 e. The van der Waals surface area contributed by atoms with Crippen LogP contribution >= 0.6 is 22.7 Å². The van der Waals surface area contributed by atoms with Crippen molar-refractivity contribution in [1.29, 1.82) is 0 Å². The molecule has 0 unspecified atom stereocenters. The summed E-state index contributed by atoms with van der Waals surface area (Å²) in [5.74, 6) is 1.54. The van der Waals surface area contributed by atoms with Gasteiger partial charge in [-0.05, 0) is 33.8 Å². The third-order valence-electron chi connectivity index (χ3n) is 2.59. The average molecular weight is 276 g/mol. The van der Waals surface area contributed by atoms with Gasteiger partial charge in [0, 0.05) is 13.6 Å². The van der Waals surface area contributed by atoms with Gasteiger partial charge >= 0.3 is 0 Å². The topological polar surface area (TPSA) is 49.8 Å². The Morgan fingerprint density at radius 2 is 2.17 bits per heavy atom. The second-order valence-electron chi connectivity index (χ2n) is 3.77. The van der Waals surface area contributed by atoms with E-state index in [-0.39, 0.29) is 0 Å². The third-order valence-corrected chi connectivity index (χ3v) is 4.13. The molecule has 0 bridgehead atoms. The first-order valence-electron chi connectivity index (χ1n) is 5.55. The third kappa shape index (κ3) is 2.16. The normalized spacial score (nSPS) is 10.7. The van der Waals surface area contributed by atoms with E-state index in [4.69, 9.17) is 0 Å². The van der Waals surface area contributed by atoms with Gasteiger partial charge in [-0.2, -0.15) is 16.3 Å². The van der Waals surface area contributed by atoms with Crippen molar-refractivity contribution in [3.05, 3.63) is 33.8 Å². The quantitative estimate of drug-likeness (QED) is 0.766. The van der Waals surface area contributed by atoms with Gasteiger partial charge in [0.25, 0.3) is 0 Å². The van der Waals surface area contributed by atoms with Crippen molar-refractivity contribution in [3.8, 4) is 0 Å². The van der Waals surface area contributed by atoms with Gasteiger partial charge in [-0.3, -0.25) is 0 Å². The van der Waals surface area contributed by atoms with Crippen molar-refractivity contribution >= 4 is 44.7 Å². The van der Waals surface area contributed by atoms with Gasteiger partial charge in [0.2, 0.25) is 5.95 Å². The van der Waals surface area contributed by atoms with Crippen molar-refractivity contribution < 1.29 is 0 Å². The van der Waals surface area contributed by atoms with Gasteiger partial charge in [0.05, 0.1) is 5.39 Å². The lowest BCUT2D eigenvalue weighted by molar-refractivity contribution is 1.11. The Kier molecular flexibility index (Phi) is 3.12. The van der Waals surface area contributed by atoms with E-state index >= 15 is 0 Å². The van der Waals surface area contributed by atoms with Crippen LogP contribution in [-0.2, 0) is 6.54 Å². The molecule has 0 aliphatic heterocycles. The van der Waals surface area contributed by atoms with Crippen molar-refractivity contribution in [1.82, 2.24) is 9.97 Å². The van der Waals surface area contributed by atoms with Gasteiger partial charge < -0.3 is 10.6 Å². The van der Waals surface area contributed by atoms with Crippen LogP contribution in [0.1, 0.15) is 5.56 Å². The van der Waals surface area contributed by atoms with Crippen molar-refractivity contribution in [2.75, 3.05) is 17.7 Å². The second-order valence-corrected chi connectivity index (χ2v) is 5.44. The molecule has 0 fully saturated rings. The zero-order valence-corrected chi connectivity index (χ0v) is 11.4. The maximum atomic E-state index is 4.47. The van der Waals surface area contributed by atoms with Gasteiger partial charge in [-0.25, -0.2) is 4.98 Å². The summed E-state index contributed by atoms with van der Waals surface area (Å²) >= 11 is 3.33. The summed E-state index contributed by atoms with van der Waals surface area (Å²) in [5, 5.41) is 13.7. The monoisotopic (exact) mass is 276 g/mol. The number of hydrogen-bond acceptors (Lipinski definition) is 6. The molecule has 3 heterocycles. The molecular formula is C12H12N4S2. The molecule has 0 saturated carbocycles. The molecule has 0 aromatic carbocycles. The molecule has 0 amide bonds. The van der Waals surface area contributed by atoms with E-state index < -0.39 is 0 Å². The number of fused-ring (bicyclic) bond motifs is 1. The number of hydrogen-bond donors (Lipinski definition) is 2. The van der Waals surface area contributed by atoms with Crippen molar-refractivity contribution in [3.63, 3.8) is 0 Å². The average Bonchev–Trinajstić information content (AvgIpc) is 3.06. The number of nitrogens with zero attached hydrogens (tertiary/aromatic N) is 2. The summed E-state index contributed by atoms with van der Waals surface area (Å²) in [6.45, 7) is 0.786.